The molecule has 14 heavy (non-hydrogen) atoms. The highest BCUT2D eigenvalue weighted by Crippen LogP contribution is 2.01. The number of nitrogens with zero attached hydrogens (tertiary/aromatic N) is 4. The second-order valence-electron chi connectivity index (χ2n) is 2.60. The third-order valence-corrected chi connectivity index (χ3v) is 3.13. The number of nitrogens with one attached hydrogen (secondary N) is 1. The van der Waals surface area contributed by atoms with E-state index in [1.165, 1.54) is 13.4 Å². The first-order valence-corrected chi connectivity index (χ1v) is 5.32. The first-order valence-electron chi connectivity index (χ1n) is 3.71. The lowest BCUT2D eigenvalue weighted by atomic mass is 10.6. The third-order valence-electron chi connectivity index (χ3n) is 1.56. The van der Waals surface area contributed by atoms with Gasteiger partial charge in [0.15, 0.2) is 5.75 Å². The van der Waals surface area contributed by atoms with Crippen molar-refractivity contribution in [1.82, 2.24) is 19.5 Å². The maximum absolute atomic E-state index is 11.3. The minimum absolute atomic E-state index is 0.0873. The van der Waals surface area contributed by atoms with Crippen LogP contribution >= 0.6 is 0 Å². The van der Waals surface area contributed by atoms with Crippen LogP contribution in [-0.2, 0) is 16.6 Å². The summed E-state index contributed by atoms with van der Waals surface area (Å²) < 4.78 is 23.6. The fraction of sp³-hybridized carbons (Fsp3) is 0.500. The average molecular weight is 215 g/mol. The van der Waals surface area contributed by atoms with Crippen LogP contribution < -0.4 is 0 Å². The van der Waals surface area contributed by atoms with Gasteiger partial charge in [0.25, 0.3) is 0 Å². The maximum Gasteiger partial charge on any atom is 0.227 e. The monoisotopic (exact) mass is 215 g/mol. The molecule has 0 saturated carbocycles. The quantitative estimate of drug-likeness (QED) is 0.700. The van der Waals surface area contributed by atoms with E-state index in [0.717, 1.165) is 4.31 Å². The van der Waals surface area contributed by atoms with Gasteiger partial charge in [0, 0.05) is 7.05 Å². The van der Waals surface area contributed by atoms with Gasteiger partial charge in [-0.05, 0) is 0 Å². The van der Waals surface area contributed by atoms with Gasteiger partial charge in [-0.3, -0.25) is 5.10 Å². The smallest absolute Gasteiger partial charge is 0.227 e. The van der Waals surface area contributed by atoms with Crippen molar-refractivity contribution in [3.05, 3.63) is 12.2 Å². The SMILES string of the molecule is CN(Cc1ncn[nH]1)S(=O)(=O)CC#N. The van der Waals surface area contributed by atoms with Gasteiger partial charge in [-0.1, -0.05) is 0 Å². The Morgan fingerprint density at radius 2 is 2.43 bits per heavy atom. The number of aromatic amines is 1. The van der Waals surface area contributed by atoms with Gasteiger partial charge < -0.3 is 0 Å². The molecular formula is C6H9N5O2S. The van der Waals surface area contributed by atoms with E-state index in [1.807, 2.05) is 0 Å². The largest absolute Gasteiger partial charge is 0.262 e. The molecule has 76 valence electrons. The number of aromatic nitrogens is 3. The predicted octanol–water partition coefficient (Wildman–Crippen LogP) is -0.910. The van der Waals surface area contributed by atoms with Crippen molar-refractivity contribution in [2.24, 2.45) is 0 Å². The van der Waals surface area contributed by atoms with E-state index < -0.39 is 15.8 Å². The van der Waals surface area contributed by atoms with Gasteiger partial charge >= 0.3 is 0 Å². The van der Waals surface area contributed by atoms with E-state index in [2.05, 4.69) is 15.2 Å². The molecule has 0 amide bonds. The zero-order valence-electron chi connectivity index (χ0n) is 7.51. The Labute approximate surface area is 81.4 Å². The van der Waals surface area contributed by atoms with Crippen LogP contribution in [0.3, 0.4) is 0 Å². The zero-order valence-corrected chi connectivity index (χ0v) is 8.32. The summed E-state index contributed by atoms with van der Waals surface area (Å²) >= 11 is 0. The average Bonchev–Trinajstić information content (AvgIpc) is 2.56. The number of sulfonamides is 1. The van der Waals surface area contributed by atoms with E-state index in [9.17, 15) is 8.42 Å². The van der Waals surface area contributed by atoms with E-state index >= 15 is 0 Å². The fourth-order valence-corrected chi connectivity index (χ4v) is 1.51. The van der Waals surface area contributed by atoms with E-state index in [4.69, 9.17) is 5.26 Å². The van der Waals surface area contributed by atoms with Crippen molar-refractivity contribution in [2.75, 3.05) is 12.8 Å². The molecule has 8 heteroatoms. The maximum atomic E-state index is 11.3. The molecule has 0 aliphatic heterocycles. The van der Waals surface area contributed by atoms with Crippen LogP contribution in [0.4, 0.5) is 0 Å². The first kappa shape index (κ1) is 10.6. The lowest BCUT2D eigenvalue weighted by Gasteiger charge is -2.12. The summed E-state index contributed by atoms with van der Waals surface area (Å²) in [6, 6.07) is 1.59. The normalized spacial score (nSPS) is 11.5. The summed E-state index contributed by atoms with van der Waals surface area (Å²) in [4.78, 5) is 3.77. The van der Waals surface area contributed by atoms with Crippen LogP contribution in [-0.4, -0.2) is 40.7 Å². The molecule has 0 radical (unpaired) electrons. The van der Waals surface area contributed by atoms with Crippen molar-refractivity contribution in [1.29, 1.82) is 5.26 Å². The molecule has 0 aromatic carbocycles. The zero-order chi connectivity index (χ0) is 10.6. The van der Waals surface area contributed by atoms with Crippen molar-refractivity contribution in [3.8, 4) is 6.07 Å². The van der Waals surface area contributed by atoms with Gasteiger partial charge in [-0.15, -0.1) is 0 Å². The van der Waals surface area contributed by atoms with Crippen LogP contribution in [0, 0.1) is 11.3 Å². The van der Waals surface area contributed by atoms with Gasteiger partial charge in [0.1, 0.15) is 12.2 Å². The minimum atomic E-state index is -3.50. The molecule has 0 bridgehead atoms. The molecule has 1 N–H and O–H groups in total. The van der Waals surface area contributed by atoms with Crippen molar-refractivity contribution < 1.29 is 8.42 Å². The van der Waals surface area contributed by atoms with Crippen molar-refractivity contribution >= 4 is 10.0 Å². The summed E-state index contributed by atoms with van der Waals surface area (Å²) in [5.74, 6) is -0.0912. The summed E-state index contributed by atoms with van der Waals surface area (Å²) in [6.45, 7) is 0.0873. The number of nitriles is 1. The Morgan fingerprint density at radius 3 is 2.93 bits per heavy atom. The summed E-state index contributed by atoms with van der Waals surface area (Å²) in [7, 11) is -2.12. The second-order valence-corrected chi connectivity index (χ2v) is 4.68. The lowest BCUT2D eigenvalue weighted by Crippen LogP contribution is -2.28. The van der Waals surface area contributed by atoms with Crippen LogP contribution in [0.1, 0.15) is 5.82 Å². The molecule has 1 heterocycles. The molecule has 1 rings (SSSR count). The topological polar surface area (TPSA) is 103 Å². The molecule has 1 aromatic heterocycles. The van der Waals surface area contributed by atoms with E-state index in [-0.39, 0.29) is 6.54 Å². The minimum Gasteiger partial charge on any atom is -0.262 e. The van der Waals surface area contributed by atoms with Gasteiger partial charge in [-0.25, -0.2) is 13.4 Å². The number of hydrogen-bond acceptors (Lipinski definition) is 5. The molecule has 0 fully saturated rings. The highest BCUT2D eigenvalue weighted by Gasteiger charge is 2.18. The molecule has 0 saturated heterocycles. The van der Waals surface area contributed by atoms with Crippen LogP contribution in [0.5, 0.6) is 0 Å². The standard InChI is InChI=1S/C6H9N5O2S/c1-11(14(12,13)3-2-7)4-6-8-5-9-10-6/h5H,3-4H2,1H3,(H,8,9,10). The number of hydrogen-bond donors (Lipinski definition) is 1. The second kappa shape index (κ2) is 4.17. The number of rotatable bonds is 4. The Bertz CT molecular complexity index is 418. The molecule has 0 atom stereocenters. The van der Waals surface area contributed by atoms with Gasteiger partial charge in [-0.2, -0.15) is 14.7 Å². The first-order chi connectivity index (χ1) is 6.56. The Balaban J connectivity index is 2.68. The summed E-state index contributed by atoms with van der Waals surface area (Å²) in [6.07, 6.45) is 1.29. The fourth-order valence-electron chi connectivity index (χ4n) is 0.808. The van der Waals surface area contributed by atoms with E-state index in [0.29, 0.717) is 5.82 Å². The predicted molar refractivity (Wildman–Crippen MR) is 47.2 cm³/mol. The van der Waals surface area contributed by atoms with E-state index in [1.54, 1.807) is 6.07 Å². The molecule has 1 aromatic rings. The van der Waals surface area contributed by atoms with Gasteiger partial charge in [0.2, 0.25) is 10.0 Å². The van der Waals surface area contributed by atoms with Crippen LogP contribution in [0.15, 0.2) is 6.33 Å². The summed E-state index contributed by atoms with van der Waals surface area (Å²) in [5.41, 5.74) is 0. The molecule has 7 nitrogen and oxygen atoms in total. The van der Waals surface area contributed by atoms with Crippen molar-refractivity contribution in [2.45, 2.75) is 6.54 Å². The highest BCUT2D eigenvalue weighted by atomic mass is 32.2. The molecule has 0 aliphatic rings. The third kappa shape index (κ3) is 2.51. The molecule has 0 aliphatic carbocycles. The van der Waals surface area contributed by atoms with Crippen LogP contribution in [0.2, 0.25) is 0 Å². The number of H-pyrrole nitrogens is 1. The van der Waals surface area contributed by atoms with Crippen LogP contribution in [0.25, 0.3) is 0 Å². The van der Waals surface area contributed by atoms with Gasteiger partial charge in [0.05, 0.1) is 12.6 Å². The molecule has 0 unspecified atom stereocenters. The molecule has 0 spiro atoms. The Hall–Kier alpha value is -1.46. The highest BCUT2D eigenvalue weighted by molar-refractivity contribution is 7.89. The Morgan fingerprint density at radius 1 is 1.71 bits per heavy atom. The van der Waals surface area contributed by atoms with Crippen molar-refractivity contribution in [3.63, 3.8) is 0 Å². The Kier molecular flexibility index (Phi) is 3.16. The molecular weight excluding hydrogens is 206 g/mol. The summed E-state index contributed by atoms with van der Waals surface area (Å²) in [5, 5.41) is 14.4. The lowest BCUT2D eigenvalue weighted by molar-refractivity contribution is 0.460.